The molecular weight excluding hydrogens is 404 g/mol. The van der Waals surface area contributed by atoms with Gasteiger partial charge in [-0.1, -0.05) is 48.5 Å². The van der Waals surface area contributed by atoms with Crippen LogP contribution in [0.4, 0.5) is 5.69 Å². The van der Waals surface area contributed by atoms with Gasteiger partial charge in [0.05, 0.1) is 19.9 Å². The second-order valence-corrected chi connectivity index (χ2v) is 7.35. The summed E-state index contributed by atoms with van der Waals surface area (Å²) in [5, 5.41) is 7.17. The molecule has 0 radical (unpaired) electrons. The number of anilines is 1. The van der Waals surface area contributed by atoms with Crippen molar-refractivity contribution in [3.05, 3.63) is 89.7 Å². The molecule has 1 aromatic heterocycles. The van der Waals surface area contributed by atoms with E-state index in [0.29, 0.717) is 29.3 Å². The third-order valence-electron chi connectivity index (χ3n) is 5.29. The van der Waals surface area contributed by atoms with Crippen molar-refractivity contribution in [3.8, 4) is 11.5 Å². The number of carbonyl (C=O) groups is 1. The van der Waals surface area contributed by atoms with Crippen LogP contribution in [0.5, 0.6) is 11.5 Å². The summed E-state index contributed by atoms with van der Waals surface area (Å²) in [5.41, 5.74) is 3.46. The molecule has 0 fully saturated rings. The van der Waals surface area contributed by atoms with Crippen LogP contribution in [0.3, 0.4) is 0 Å². The first kappa shape index (κ1) is 21.5. The van der Waals surface area contributed by atoms with Crippen LogP contribution in [0.1, 0.15) is 21.7 Å². The number of carbonyl (C=O) groups excluding carboxylic acids is 1. The van der Waals surface area contributed by atoms with E-state index in [2.05, 4.69) is 22.8 Å². The van der Waals surface area contributed by atoms with Crippen LogP contribution in [-0.2, 0) is 13.0 Å². The van der Waals surface area contributed by atoms with Gasteiger partial charge in [0.1, 0.15) is 5.75 Å². The first-order valence-electron chi connectivity index (χ1n) is 10.5. The number of nitrogens with one attached hydrogen (secondary N) is 2. The maximum absolute atomic E-state index is 12.9. The molecule has 0 aliphatic carbocycles. The number of benzene rings is 3. The predicted octanol–water partition coefficient (Wildman–Crippen LogP) is 5.03. The molecule has 6 heteroatoms. The van der Waals surface area contributed by atoms with Crippen LogP contribution in [0.2, 0.25) is 0 Å². The number of hydrogen-bond acceptors (Lipinski definition) is 5. The van der Waals surface area contributed by atoms with Crippen molar-refractivity contribution in [3.63, 3.8) is 0 Å². The van der Waals surface area contributed by atoms with Crippen LogP contribution in [0.25, 0.3) is 11.0 Å². The van der Waals surface area contributed by atoms with Crippen LogP contribution in [0, 0.1) is 0 Å². The van der Waals surface area contributed by atoms with Crippen LogP contribution in [0.15, 0.2) is 77.2 Å². The van der Waals surface area contributed by atoms with Crippen LogP contribution < -0.4 is 20.1 Å². The van der Waals surface area contributed by atoms with Crippen molar-refractivity contribution < 1.29 is 18.7 Å². The van der Waals surface area contributed by atoms with Gasteiger partial charge in [-0.15, -0.1) is 0 Å². The average Bonchev–Trinajstić information content (AvgIpc) is 3.29. The molecule has 0 saturated heterocycles. The third kappa shape index (κ3) is 4.76. The molecule has 4 rings (SSSR count). The van der Waals surface area contributed by atoms with E-state index in [-0.39, 0.29) is 11.7 Å². The summed E-state index contributed by atoms with van der Waals surface area (Å²) in [6.07, 6.45) is 0.943. The first-order chi connectivity index (χ1) is 15.7. The van der Waals surface area contributed by atoms with E-state index < -0.39 is 0 Å². The molecule has 2 N–H and O–H groups in total. The number of amides is 1. The highest BCUT2D eigenvalue weighted by molar-refractivity contribution is 6.06. The smallest absolute Gasteiger partial charge is 0.291 e. The van der Waals surface area contributed by atoms with Crippen molar-refractivity contribution in [2.45, 2.75) is 13.0 Å². The molecule has 0 aliphatic heterocycles. The highest BCUT2D eigenvalue weighted by Gasteiger charge is 2.18. The third-order valence-corrected chi connectivity index (χ3v) is 5.29. The van der Waals surface area contributed by atoms with E-state index >= 15 is 0 Å². The lowest BCUT2D eigenvalue weighted by atomic mass is 10.1. The molecular formula is C26H26N2O4. The minimum Gasteiger partial charge on any atom is -0.495 e. The second-order valence-electron chi connectivity index (χ2n) is 7.35. The second kappa shape index (κ2) is 10.0. The molecule has 1 amide bonds. The van der Waals surface area contributed by atoms with Crippen LogP contribution in [-0.4, -0.2) is 26.7 Å². The zero-order chi connectivity index (χ0) is 22.3. The number of furan rings is 1. The fraction of sp³-hybridized carbons (Fsp3) is 0.192. The minimum absolute atomic E-state index is 0.209. The number of para-hydroxylation sites is 2. The minimum atomic E-state index is -0.351. The van der Waals surface area contributed by atoms with E-state index in [0.717, 1.165) is 23.9 Å². The van der Waals surface area contributed by atoms with Crippen molar-refractivity contribution in [2.75, 3.05) is 26.1 Å². The molecule has 0 atom stereocenters. The van der Waals surface area contributed by atoms with Gasteiger partial charge in [0, 0.05) is 11.9 Å². The van der Waals surface area contributed by atoms with Gasteiger partial charge in [-0.2, -0.15) is 0 Å². The van der Waals surface area contributed by atoms with E-state index in [4.69, 9.17) is 13.9 Å². The summed E-state index contributed by atoms with van der Waals surface area (Å²) in [7, 11) is 3.15. The van der Waals surface area contributed by atoms with Gasteiger partial charge in [-0.25, -0.2) is 0 Å². The molecule has 4 aromatic rings. The number of methoxy groups -OCH3 is 2. The maximum atomic E-state index is 12.9. The van der Waals surface area contributed by atoms with Crippen LogP contribution >= 0.6 is 0 Å². The summed E-state index contributed by atoms with van der Waals surface area (Å²) in [4.78, 5) is 12.9. The van der Waals surface area contributed by atoms with E-state index in [1.165, 1.54) is 5.56 Å². The summed E-state index contributed by atoms with van der Waals surface area (Å²) >= 11 is 0. The Morgan fingerprint density at radius 1 is 0.906 bits per heavy atom. The maximum Gasteiger partial charge on any atom is 0.291 e. The quantitative estimate of drug-likeness (QED) is 0.364. The molecule has 1 heterocycles. The number of rotatable bonds is 9. The Kier molecular flexibility index (Phi) is 6.72. The fourth-order valence-electron chi connectivity index (χ4n) is 3.61. The fourth-order valence-corrected chi connectivity index (χ4v) is 3.61. The Morgan fingerprint density at radius 3 is 2.44 bits per heavy atom. The molecule has 32 heavy (non-hydrogen) atoms. The first-order valence-corrected chi connectivity index (χ1v) is 10.5. The van der Waals surface area contributed by atoms with Gasteiger partial charge in [0.25, 0.3) is 5.91 Å². The van der Waals surface area contributed by atoms with Gasteiger partial charge in [0.15, 0.2) is 17.1 Å². The molecule has 0 spiro atoms. The molecule has 6 nitrogen and oxygen atoms in total. The molecule has 0 bridgehead atoms. The SMILES string of the molecule is COc1ccccc1NC(=O)c1cc2c(CNCCc3ccccc3)ccc(OC)c2o1. The summed E-state index contributed by atoms with van der Waals surface area (Å²) < 4.78 is 16.7. The van der Waals surface area contributed by atoms with Crippen molar-refractivity contribution in [2.24, 2.45) is 0 Å². The lowest BCUT2D eigenvalue weighted by Crippen LogP contribution is -2.16. The van der Waals surface area contributed by atoms with Gasteiger partial charge in [0.2, 0.25) is 0 Å². The monoisotopic (exact) mass is 430 g/mol. The normalized spacial score (nSPS) is 10.8. The molecule has 0 saturated carbocycles. The van der Waals surface area contributed by atoms with Gasteiger partial charge >= 0.3 is 0 Å². The zero-order valence-corrected chi connectivity index (χ0v) is 18.2. The molecule has 3 aromatic carbocycles. The number of ether oxygens (including phenoxy) is 2. The average molecular weight is 431 g/mol. The topological polar surface area (TPSA) is 72.7 Å². The highest BCUT2D eigenvalue weighted by atomic mass is 16.5. The van der Waals surface area contributed by atoms with Gasteiger partial charge in [-0.05, 0) is 48.4 Å². The molecule has 0 unspecified atom stereocenters. The Bertz CT molecular complexity index is 1200. The number of fused-ring (bicyclic) bond motifs is 1. The highest BCUT2D eigenvalue weighted by Crippen LogP contribution is 2.32. The van der Waals surface area contributed by atoms with Gasteiger partial charge in [-0.3, -0.25) is 4.79 Å². The number of hydrogen-bond donors (Lipinski definition) is 2. The lowest BCUT2D eigenvalue weighted by molar-refractivity contribution is 0.0998. The zero-order valence-electron chi connectivity index (χ0n) is 18.2. The Balaban J connectivity index is 1.51. The van der Waals surface area contributed by atoms with E-state index in [9.17, 15) is 4.79 Å². The largest absolute Gasteiger partial charge is 0.495 e. The van der Waals surface area contributed by atoms with E-state index in [1.807, 2.05) is 42.5 Å². The Hall–Kier alpha value is -3.77. The van der Waals surface area contributed by atoms with Crippen molar-refractivity contribution in [1.82, 2.24) is 5.32 Å². The Labute approximate surface area is 187 Å². The molecule has 0 aliphatic rings. The standard InChI is InChI=1S/C26H26N2O4/c1-30-22-11-7-6-10-21(22)28-26(29)24-16-20-19(12-13-23(31-2)25(20)32-24)17-27-15-14-18-8-4-3-5-9-18/h3-13,16,27H,14-15,17H2,1-2H3,(H,28,29). The van der Waals surface area contributed by atoms with Crippen molar-refractivity contribution >= 4 is 22.6 Å². The summed E-state index contributed by atoms with van der Waals surface area (Å²) in [6.45, 7) is 1.50. The van der Waals surface area contributed by atoms with Gasteiger partial charge < -0.3 is 24.5 Å². The Morgan fingerprint density at radius 2 is 1.66 bits per heavy atom. The summed E-state index contributed by atoms with van der Waals surface area (Å²) in [6, 6.07) is 23.2. The summed E-state index contributed by atoms with van der Waals surface area (Å²) in [5.74, 6) is 1.03. The lowest BCUT2D eigenvalue weighted by Gasteiger charge is -2.08. The predicted molar refractivity (Wildman–Crippen MR) is 126 cm³/mol. The molecule has 164 valence electrons. The van der Waals surface area contributed by atoms with Crippen molar-refractivity contribution in [1.29, 1.82) is 0 Å². The van der Waals surface area contributed by atoms with E-state index in [1.54, 1.807) is 32.4 Å².